The maximum absolute atomic E-state index is 10.7. The molecule has 1 saturated heterocycles. The molecular weight excluding hydrogens is 234 g/mol. The van der Waals surface area contributed by atoms with Gasteiger partial charge in [0.2, 0.25) is 0 Å². The van der Waals surface area contributed by atoms with E-state index >= 15 is 0 Å². The van der Waals surface area contributed by atoms with Crippen molar-refractivity contribution in [3.8, 4) is 0 Å². The minimum absolute atomic E-state index is 0.0423. The summed E-state index contributed by atoms with van der Waals surface area (Å²) in [6.45, 7) is 7.49. The van der Waals surface area contributed by atoms with E-state index in [1.165, 1.54) is 12.4 Å². The lowest BCUT2D eigenvalue weighted by molar-refractivity contribution is -0.0751. The number of carboxylic acid groups (broad SMARTS) is 1. The van der Waals surface area contributed by atoms with Crippen LogP contribution in [-0.2, 0) is 4.74 Å². The van der Waals surface area contributed by atoms with E-state index in [1.54, 1.807) is 0 Å². The molecule has 0 saturated carbocycles. The fourth-order valence-electron chi connectivity index (χ4n) is 2.22. The van der Waals surface area contributed by atoms with E-state index < -0.39 is 5.97 Å². The van der Waals surface area contributed by atoms with Crippen LogP contribution in [-0.4, -0.2) is 45.8 Å². The number of hydrogen-bond donors (Lipinski definition) is 1. The summed E-state index contributed by atoms with van der Waals surface area (Å²) < 4.78 is 5.80. The fraction of sp³-hybridized carbons (Fsp3) is 0.583. The van der Waals surface area contributed by atoms with Crippen LogP contribution in [0.1, 0.15) is 31.3 Å². The maximum Gasteiger partial charge on any atom is 0.356 e. The summed E-state index contributed by atoms with van der Waals surface area (Å²) in [6.07, 6.45) is 2.89. The number of carbonyl (C=O) groups is 1. The molecule has 6 heteroatoms. The molecule has 6 nitrogen and oxygen atoms in total. The second-order valence-electron chi connectivity index (χ2n) is 5.13. The van der Waals surface area contributed by atoms with Crippen LogP contribution in [0.15, 0.2) is 12.4 Å². The molecule has 1 unspecified atom stereocenters. The van der Waals surface area contributed by atoms with Gasteiger partial charge < -0.3 is 14.7 Å². The Labute approximate surface area is 106 Å². The number of morpholine rings is 1. The molecule has 0 aromatic carbocycles. The summed E-state index contributed by atoms with van der Waals surface area (Å²) in [7, 11) is 0. The van der Waals surface area contributed by atoms with Gasteiger partial charge in [-0.1, -0.05) is 0 Å². The lowest BCUT2D eigenvalue weighted by Gasteiger charge is -2.42. The summed E-state index contributed by atoms with van der Waals surface area (Å²) in [5, 5.41) is 8.78. The standard InChI is InChI=1S/C12H17N3O3/c1-8-6-15(7-12(2,3)18-8)10-5-13-9(4-14-10)11(16)17/h4-5,8H,6-7H2,1-3H3,(H,16,17). The molecule has 1 aliphatic heterocycles. The Balaban J connectivity index is 2.18. The Hall–Kier alpha value is -1.69. The monoisotopic (exact) mass is 251 g/mol. The zero-order valence-electron chi connectivity index (χ0n) is 10.8. The minimum Gasteiger partial charge on any atom is -0.476 e. The van der Waals surface area contributed by atoms with Crippen molar-refractivity contribution in [2.24, 2.45) is 0 Å². The third kappa shape index (κ3) is 2.76. The van der Waals surface area contributed by atoms with E-state index in [0.717, 1.165) is 6.54 Å². The third-order valence-electron chi connectivity index (χ3n) is 2.75. The van der Waals surface area contributed by atoms with Crippen LogP contribution >= 0.6 is 0 Å². The molecule has 0 bridgehead atoms. The summed E-state index contributed by atoms with van der Waals surface area (Å²) in [5.41, 5.74) is -0.288. The lowest BCUT2D eigenvalue weighted by atomic mass is 10.1. The molecule has 1 aromatic heterocycles. The zero-order chi connectivity index (χ0) is 13.3. The van der Waals surface area contributed by atoms with E-state index in [9.17, 15) is 4.79 Å². The van der Waals surface area contributed by atoms with E-state index in [1.807, 2.05) is 20.8 Å². The molecule has 0 spiro atoms. The molecule has 0 amide bonds. The molecule has 1 atom stereocenters. The first-order valence-corrected chi connectivity index (χ1v) is 5.85. The Morgan fingerprint density at radius 2 is 2.22 bits per heavy atom. The molecule has 0 aliphatic carbocycles. The zero-order valence-corrected chi connectivity index (χ0v) is 10.8. The first-order valence-electron chi connectivity index (χ1n) is 5.85. The topological polar surface area (TPSA) is 75.6 Å². The van der Waals surface area contributed by atoms with Crippen LogP contribution in [0.4, 0.5) is 5.82 Å². The molecule has 1 aromatic rings. The van der Waals surface area contributed by atoms with Crippen molar-refractivity contribution in [2.75, 3.05) is 18.0 Å². The number of anilines is 1. The number of nitrogens with zero attached hydrogens (tertiary/aromatic N) is 3. The van der Waals surface area contributed by atoms with Gasteiger partial charge in [-0.2, -0.15) is 0 Å². The molecule has 0 radical (unpaired) electrons. The third-order valence-corrected chi connectivity index (χ3v) is 2.75. The van der Waals surface area contributed by atoms with Crippen LogP contribution in [0.5, 0.6) is 0 Å². The molecule has 98 valence electrons. The van der Waals surface area contributed by atoms with Gasteiger partial charge >= 0.3 is 5.97 Å². The molecule has 1 aliphatic rings. The molecule has 18 heavy (non-hydrogen) atoms. The lowest BCUT2D eigenvalue weighted by Crippen LogP contribution is -2.52. The highest BCUT2D eigenvalue weighted by molar-refractivity contribution is 5.84. The van der Waals surface area contributed by atoms with E-state index in [4.69, 9.17) is 9.84 Å². The van der Waals surface area contributed by atoms with Gasteiger partial charge in [-0.25, -0.2) is 14.8 Å². The predicted octanol–water partition coefficient (Wildman–Crippen LogP) is 1.18. The van der Waals surface area contributed by atoms with Crippen molar-refractivity contribution in [1.29, 1.82) is 0 Å². The second-order valence-corrected chi connectivity index (χ2v) is 5.13. The summed E-state index contributed by atoms with van der Waals surface area (Å²) in [4.78, 5) is 20.8. The highest BCUT2D eigenvalue weighted by Gasteiger charge is 2.32. The molecule has 1 fully saturated rings. The summed E-state index contributed by atoms with van der Waals surface area (Å²) in [5.74, 6) is -0.382. The number of ether oxygens (including phenoxy) is 1. The number of carboxylic acids is 1. The van der Waals surface area contributed by atoms with Gasteiger partial charge in [0.15, 0.2) is 5.69 Å². The first kappa shape index (κ1) is 12.8. The van der Waals surface area contributed by atoms with Crippen LogP contribution < -0.4 is 4.90 Å². The van der Waals surface area contributed by atoms with E-state index in [0.29, 0.717) is 12.4 Å². The Morgan fingerprint density at radius 3 is 2.72 bits per heavy atom. The maximum atomic E-state index is 10.7. The van der Waals surface area contributed by atoms with Crippen molar-refractivity contribution in [2.45, 2.75) is 32.5 Å². The Kier molecular flexibility index (Phi) is 3.21. The van der Waals surface area contributed by atoms with Gasteiger partial charge in [-0.3, -0.25) is 0 Å². The van der Waals surface area contributed by atoms with Crippen molar-refractivity contribution >= 4 is 11.8 Å². The van der Waals surface area contributed by atoms with Crippen molar-refractivity contribution in [1.82, 2.24) is 9.97 Å². The second kappa shape index (κ2) is 4.53. The number of rotatable bonds is 2. The molecule has 2 heterocycles. The highest BCUT2D eigenvalue weighted by atomic mass is 16.5. The van der Waals surface area contributed by atoms with Crippen LogP contribution in [0.25, 0.3) is 0 Å². The average Bonchev–Trinajstić information content (AvgIpc) is 2.26. The number of aromatic carboxylic acids is 1. The van der Waals surface area contributed by atoms with Gasteiger partial charge in [0.1, 0.15) is 5.82 Å². The first-order chi connectivity index (χ1) is 8.37. The van der Waals surface area contributed by atoms with E-state index in [-0.39, 0.29) is 17.4 Å². The SMILES string of the molecule is CC1CN(c2cnc(C(=O)O)cn2)CC(C)(C)O1. The number of aromatic nitrogens is 2. The van der Waals surface area contributed by atoms with E-state index in [2.05, 4.69) is 14.9 Å². The quantitative estimate of drug-likeness (QED) is 0.850. The highest BCUT2D eigenvalue weighted by Crippen LogP contribution is 2.24. The Bertz CT molecular complexity index is 444. The van der Waals surface area contributed by atoms with Gasteiger partial charge in [0.05, 0.1) is 24.1 Å². The van der Waals surface area contributed by atoms with Crippen LogP contribution in [0.2, 0.25) is 0 Å². The van der Waals surface area contributed by atoms with Gasteiger partial charge in [-0.05, 0) is 20.8 Å². The largest absolute Gasteiger partial charge is 0.476 e. The Morgan fingerprint density at radius 1 is 1.50 bits per heavy atom. The normalized spacial score (nSPS) is 22.8. The minimum atomic E-state index is -1.07. The van der Waals surface area contributed by atoms with Crippen molar-refractivity contribution < 1.29 is 14.6 Å². The summed E-state index contributed by atoms with van der Waals surface area (Å²) in [6, 6.07) is 0. The van der Waals surface area contributed by atoms with Crippen molar-refractivity contribution in [3.05, 3.63) is 18.1 Å². The van der Waals surface area contributed by atoms with Gasteiger partial charge in [0.25, 0.3) is 0 Å². The van der Waals surface area contributed by atoms with Crippen LogP contribution in [0, 0.1) is 0 Å². The van der Waals surface area contributed by atoms with Crippen LogP contribution in [0.3, 0.4) is 0 Å². The molecule has 1 N–H and O–H groups in total. The van der Waals surface area contributed by atoms with Crippen molar-refractivity contribution in [3.63, 3.8) is 0 Å². The average molecular weight is 251 g/mol. The fourth-order valence-corrected chi connectivity index (χ4v) is 2.22. The smallest absolute Gasteiger partial charge is 0.356 e. The van der Waals surface area contributed by atoms with Gasteiger partial charge in [0, 0.05) is 13.1 Å². The predicted molar refractivity (Wildman–Crippen MR) is 65.8 cm³/mol. The molecular formula is C12H17N3O3. The number of hydrogen-bond acceptors (Lipinski definition) is 5. The summed E-state index contributed by atoms with van der Waals surface area (Å²) >= 11 is 0. The van der Waals surface area contributed by atoms with Gasteiger partial charge in [-0.15, -0.1) is 0 Å². The molecule has 2 rings (SSSR count).